The Balaban J connectivity index is 2.36. The van der Waals surface area contributed by atoms with Crippen molar-refractivity contribution in [3.8, 4) is 0 Å². The minimum atomic E-state index is -3.67. The van der Waals surface area contributed by atoms with Crippen molar-refractivity contribution in [2.45, 2.75) is 93.8 Å². The molecule has 0 aromatic carbocycles. The summed E-state index contributed by atoms with van der Waals surface area (Å²) in [6, 6.07) is -0.338. The number of nitrogens with one attached hydrogen (secondary N) is 1. The van der Waals surface area contributed by atoms with Gasteiger partial charge in [-0.1, -0.05) is 31.8 Å². The van der Waals surface area contributed by atoms with Crippen molar-refractivity contribution in [1.82, 2.24) is 4.72 Å². The van der Waals surface area contributed by atoms with Crippen LogP contribution < -0.4 is 4.72 Å². The number of alkyl halides is 2. The van der Waals surface area contributed by atoms with Gasteiger partial charge >= 0.3 is 0 Å². The van der Waals surface area contributed by atoms with E-state index in [0.717, 1.165) is 5.57 Å². The molecule has 2 aliphatic rings. The summed E-state index contributed by atoms with van der Waals surface area (Å²) in [7, 11) is -5.24. The molecular weight excluding hydrogens is 453 g/mol. The second-order valence-corrected chi connectivity index (χ2v) is 18.8. The van der Waals surface area contributed by atoms with Gasteiger partial charge in [-0.15, -0.1) is 23.2 Å². The van der Waals surface area contributed by atoms with Crippen molar-refractivity contribution in [2.75, 3.05) is 5.75 Å². The lowest BCUT2D eigenvalue weighted by molar-refractivity contribution is -0.152. The minimum Gasteiger partial charge on any atom is -0.386 e. The molecule has 1 saturated heterocycles. The summed E-state index contributed by atoms with van der Waals surface area (Å²) < 4.78 is 40.7. The van der Waals surface area contributed by atoms with Gasteiger partial charge in [-0.2, -0.15) is 0 Å². The summed E-state index contributed by atoms with van der Waals surface area (Å²) in [4.78, 5) is -1.20. The molecule has 0 spiro atoms. The van der Waals surface area contributed by atoms with Gasteiger partial charge in [-0.3, -0.25) is 0 Å². The maximum Gasteiger partial charge on any atom is 0.211 e. The van der Waals surface area contributed by atoms with E-state index in [1.807, 2.05) is 13.8 Å². The Hall–Kier alpha value is 0.327. The highest BCUT2D eigenvalue weighted by molar-refractivity contribution is 7.89. The molecule has 0 aromatic heterocycles. The van der Waals surface area contributed by atoms with E-state index in [-0.39, 0.29) is 11.9 Å². The van der Waals surface area contributed by atoms with Gasteiger partial charge in [0.1, 0.15) is 10.4 Å². The third-order valence-electron chi connectivity index (χ3n) is 5.58. The molecule has 2 fully saturated rings. The van der Waals surface area contributed by atoms with Gasteiger partial charge in [0.25, 0.3) is 0 Å². The molecule has 1 saturated carbocycles. The third kappa shape index (κ3) is 6.65. The SMILES string of the molecule is C=C1C[C@H]([C@@H](NS(=O)(=O)CC[Si](C)(C)C)[C@](C)(O)C(Cl)Cl)[C@H]2OC(C)(C)O[C@@H]2C1. The number of rotatable bonds is 8. The van der Waals surface area contributed by atoms with Gasteiger partial charge in [0, 0.05) is 14.0 Å². The van der Waals surface area contributed by atoms with Crippen LogP contribution in [0.15, 0.2) is 12.2 Å². The Morgan fingerprint density at radius 3 is 2.41 bits per heavy atom. The zero-order valence-corrected chi connectivity index (χ0v) is 21.5. The van der Waals surface area contributed by atoms with Crippen LogP contribution in [0.5, 0.6) is 0 Å². The predicted molar refractivity (Wildman–Crippen MR) is 121 cm³/mol. The van der Waals surface area contributed by atoms with Crippen LogP contribution in [0, 0.1) is 5.92 Å². The lowest BCUT2D eigenvalue weighted by atomic mass is 9.73. The maximum atomic E-state index is 12.9. The number of sulfonamides is 1. The van der Waals surface area contributed by atoms with E-state index in [4.69, 9.17) is 32.7 Å². The van der Waals surface area contributed by atoms with Crippen molar-refractivity contribution >= 4 is 41.3 Å². The summed E-state index contributed by atoms with van der Waals surface area (Å²) in [6.45, 7) is 15.5. The molecule has 0 bridgehead atoms. The second kappa shape index (κ2) is 8.69. The quantitative estimate of drug-likeness (QED) is 0.310. The van der Waals surface area contributed by atoms with E-state index >= 15 is 0 Å². The molecule has 1 aliphatic carbocycles. The van der Waals surface area contributed by atoms with Crippen LogP contribution in [-0.2, 0) is 19.5 Å². The molecular formula is C19H35Cl2NO5SSi. The number of hydrogen-bond donors (Lipinski definition) is 2. The van der Waals surface area contributed by atoms with Crippen molar-refractivity contribution in [1.29, 1.82) is 0 Å². The van der Waals surface area contributed by atoms with Gasteiger partial charge < -0.3 is 14.6 Å². The first-order chi connectivity index (χ1) is 12.9. The zero-order valence-electron chi connectivity index (χ0n) is 18.2. The van der Waals surface area contributed by atoms with Crippen LogP contribution in [0.3, 0.4) is 0 Å². The van der Waals surface area contributed by atoms with Gasteiger partial charge in [-0.25, -0.2) is 13.1 Å². The maximum absolute atomic E-state index is 12.9. The van der Waals surface area contributed by atoms with Crippen LogP contribution >= 0.6 is 23.2 Å². The number of halogens is 2. The highest BCUT2D eigenvalue weighted by Crippen LogP contribution is 2.45. The standard InChI is InChI=1S/C19H35Cl2NO5SSi/c1-12-10-13(15-14(11-12)26-18(2,3)27-15)16(19(4,23)17(20)21)22-28(24,25)8-9-29(5,6)7/h13-17,22-23H,1,8-11H2,2-7H3/t13-,14+,15+,16+,19-/m0/s1. The van der Waals surface area contributed by atoms with Crippen LogP contribution in [0.4, 0.5) is 0 Å². The average molecular weight is 489 g/mol. The van der Waals surface area contributed by atoms with E-state index in [2.05, 4.69) is 30.9 Å². The molecule has 6 nitrogen and oxygen atoms in total. The molecule has 10 heteroatoms. The second-order valence-electron chi connectivity index (χ2n) is 10.2. The van der Waals surface area contributed by atoms with Crippen LogP contribution in [0.2, 0.25) is 25.7 Å². The van der Waals surface area contributed by atoms with Crippen molar-refractivity contribution in [3.63, 3.8) is 0 Å². The molecule has 0 unspecified atom stereocenters. The Kier molecular flexibility index (Phi) is 7.67. The number of ether oxygens (including phenoxy) is 2. The van der Waals surface area contributed by atoms with E-state index in [1.54, 1.807) is 0 Å². The smallest absolute Gasteiger partial charge is 0.211 e. The molecule has 1 heterocycles. The van der Waals surface area contributed by atoms with Gasteiger partial charge in [-0.05, 0) is 39.7 Å². The van der Waals surface area contributed by atoms with Gasteiger partial charge in [0.2, 0.25) is 10.0 Å². The molecule has 29 heavy (non-hydrogen) atoms. The zero-order chi connectivity index (χ0) is 22.4. The first-order valence-electron chi connectivity index (χ1n) is 9.96. The predicted octanol–water partition coefficient (Wildman–Crippen LogP) is 3.65. The summed E-state index contributed by atoms with van der Waals surface area (Å²) in [5, 5.41) is 11.1. The van der Waals surface area contributed by atoms with Crippen molar-refractivity contribution in [3.05, 3.63) is 12.2 Å². The van der Waals surface area contributed by atoms with Gasteiger partial charge in [0.15, 0.2) is 5.79 Å². The van der Waals surface area contributed by atoms with Crippen LogP contribution in [-0.4, -0.2) is 61.8 Å². The molecule has 170 valence electrons. The Morgan fingerprint density at radius 2 is 1.90 bits per heavy atom. The summed E-state index contributed by atoms with van der Waals surface area (Å²) in [5.41, 5.74) is -0.793. The number of aliphatic hydroxyl groups is 1. The largest absolute Gasteiger partial charge is 0.386 e. The fourth-order valence-corrected chi connectivity index (χ4v) is 8.69. The summed E-state index contributed by atoms with van der Waals surface area (Å²) >= 11 is 12.2. The Labute approximate surface area is 186 Å². The molecule has 0 amide bonds. The fraction of sp³-hybridized carbons (Fsp3) is 0.895. The Morgan fingerprint density at radius 1 is 1.31 bits per heavy atom. The van der Waals surface area contributed by atoms with Crippen LogP contribution in [0.1, 0.15) is 33.6 Å². The summed E-state index contributed by atoms with van der Waals surface area (Å²) in [6.07, 6.45) is 0.453. The summed E-state index contributed by atoms with van der Waals surface area (Å²) in [5.74, 6) is -1.22. The number of fused-ring (bicyclic) bond motifs is 1. The van der Waals surface area contributed by atoms with E-state index in [9.17, 15) is 13.5 Å². The first-order valence-corrected chi connectivity index (χ1v) is 16.2. The molecule has 2 rings (SSSR count). The van der Waals surface area contributed by atoms with E-state index in [0.29, 0.717) is 18.9 Å². The fourth-order valence-electron chi connectivity index (χ4n) is 3.98. The van der Waals surface area contributed by atoms with E-state index < -0.39 is 52.4 Å². The van der Waals surface area contributed by atoms with E-state index in [1.165, 1.54) is 6.92 Å². The highest BCUT2D eigenvalue weighted by atomic mass is 35.5. The molecule has 0 aromatic rings. The third-order valence-corrected chi connectivity index (χ3v) is 9.94. The van der Waals surface area contributed by atoms with Crippen LogP contribution in [0.25, 0.3) is 0 Å². The first kappa shape index (κ1) is 25.6. The minimum absolute atomic E-state index is 0.00481. The normalized spacial score (nSPS) is 30.8. The Bertz CT molecular complexity index is 721. The molecule has 1 aliphatic heterocycles. The molecule has 5 atom stereocenters. The topological polar surface area (TPSA) is 84.9 Å². The van der Waals surface area contributed by atoms with Crippen molar-refractivity contribution in [2.24, 2.45) is 5.92 Å². The van der Waals surface area contributed by atoms with Crippen molar-refractivity contribution < 1.29 is 23.0 Å². The molecule has 0 radical (unpaired) electrons. The average Bonchev–Trinajstić information content (AvgIpc) is 2.83. The lowest BCUT2D eigenvalue weighted by Crippen LogP contribution is -2.62. The van der Waals surface area contributed by atoms with Gasteiger partial charge in [0.05, 0.1) is 24.0 Å². The monoisotopic (exact) mass is 487 g/mol. The highest BCUT2D eigenvalue weighted by Gasteiger charge is 2.55. The molecule has 2 N–H and O–H groups in total. The number of hydrogen-bond acceptors (Lipinski definition) is 5. The lowest BCUT2D eigenvalue weighted by Gasteiger charge is -2.44.